The van der Waals surface area contributed by atoms with Crippen LogP contribution in [0.5, 0.6) is 0 Å². The summed E-state index contributed by atoms with van der Waals surface area (Å²) in [5.74, 6) is -4.38. The lowest BCUT2D eigenvalue weighted by Crippen LogP contribution is -2.34. The summed E-state index contributed by atoms with van der Waals surface area (Å²) in [6, 6.07) is 1.67. The van der Waals surface area contributed by atoms with Crippen LogP contribution in [0.2, 0.25) is 0 Å². The molecule has 0 radical (unpaired) electrons. The van der Waals surface area contributed by atoms with Gasteiger partial charge in [-0.25, -0.2) is 18.0 Å². The van der Waals surface area contributed by atoms with E-state index in [1.807, 2.05) is 5.32 Å². The van der Waals surface area contributed by atoms with E-state index in [4.69, 9.17) is 0 Å². The largest absolute Gasteiger partial charge is 0.453 e. The second-order valence-electron chi connectivity index (χ2n) is 2.79. The molecule has 1 rings (SSSR count). The number of nitrogens with one attached hydrogen (secondary N) is 2. The molecule has 92 valence electrons. The lowest BCUT2D eigenvalue weighted by molar-refractivity contribution is 0.177. The Morgan fingerprint density at radius 1 is 1.29 bits per heavy atom. The van der Waals surface area contributed by atoms with E-state index in [0.717, 1.165) is 19.2 Å². The maximum atomic E-state index is 13.2. The number of methoxy groups -OCH3 is 1. The van der Waals surface area contributed by atoms with Crippen molar-refractivity contribution in [3.8, 4) is 0 Å². The van der Waals surface area contributed by atoms with Gasteiger partial charge in [0.25, 0.3) is 0 Å². The quantitative estimate of drug-likeness (QED) is 0.603. The van der Waals surface area contributed by atoms with E-state index in [9.17, 15) is 18.0 Å². The highest BCUT2D eigenvalue weighted by atomic mass is 32.1. The van der Waals surface area contributed by atoms with Gasteiger partial charge in [-0.15, -0.1) is 0 Å². The zero-order valence-corrected chi connectivity index (χ0v) is 9.33. The third-order valence-corrected chi connectivity index (χ3v) is 1.89. The summed E-state index contributed by atoms with van der Waals surface area (Å²) in [7, 11) is 1.11. The molecule has 0 aromatic heterocycles. The highest BCUT2D eigenvalue weighted by Crippen LogP contribution is 2.19. The molecular formula is C9H7F3N2O2S. The summed E-state index contributed by atoms with van der Waals surface area (Å²) < 4.78 is 42.8. The molecule has 0 unspecified atom stereocenters. The number of rotatable bonds is 1. The lowest BCUT2D eigenvalue weighted by atomic mass is 10.3. The molecule has 2 N–H and O–H groups in total. The Morgan fingerprint density at radius 3 is 2.53 bits per heavy atom. The predicted molar refractivity (Wildman–Crippen MR) is 58.1 cm³/mol. The third kappa shape index (κ3) is 3.31. The first kappa shape index (κ1) is 13.2. The molecule has 0 spiro atoms. The minimum Gasteiger partial charge on any atom is -0.453 e. The highest BCUT2D eigenvalue weighted by Gasteiger charge is 2.14. The molecule has 1 amide bonds. The molecule has 0 atom stereocenters. The molecule has 0 aliphatic carbocycles. The van der Waals surface area contributed by atoms with Crippen LogP contribution < -0.4 is 10.6 Å². The topological polar surface area (TPSA) is 50.4 Å². The van der Waals surface area contributed by atoms with Gasteiger partial charge in [0.15, 0.2) is 22.6 Å². The van der Waals surface area contributed by atoms with Crippen molar-refractivity contribution in [3.63, 3.8) is 0 Å². The maximum absolute atomic E-state index is 13.2. The van der Waals surface area contributed by atoms with Gasteiger partial charge in [-0.3, -0.25) is 5.32 Å². The van der Waals surface area contributed by atoms with Crippen LogP contribution in [0.25, 0.3) is 0 Å². The first-order valence-corrected chi connectivity index (χ1v) is 4.66. The van der Waals surface area contributed by atoms with Crippen LogP contribution in [0.4, 0.5) is 23.7 Å². The van der Waals surface area contributed by atoms with Gasteiger partial charge in [-0.2, -0.15) is 0 Å². The van der Waals surface area contributed by atoms with Crippen molar-refractivity contribution < 1.29 is 22.7 Å². The number of hydrogen-bond acceptors (Lipinski definition) is 3. The van der Waals surface area contributed by atoms with E-state index in [-0.39, 0.29) is 5.11 Å². The Bertz CT molecular complexity index is 468. The Balaban J connectivity index is 2.79. The molecule has 1 aromatic rings. The Kier molecular flexibility index (Phi) is 4.27. The van der Waals surface area contributed by atoms with Gasteiger partial charge in [0, 0.05) is 0 Å². The van der Waals surface area contributed by atoms with E-state index < -0.39 is 29.2 Å². The van der Waals surface area contributed by atoms with Crippen molar-refractivity contribution in [3.05, 3.63) is 29.6 Å². The second-order valence-corrected chi connectivity index (χ2v) is 3.20. The van der Waals surface area contributed by atoms with Gasteiger partial charge in [-0.1, -0.05) is 0 Å². The van der Waals surface area contributed by atoms with Crippen LogP contribution in [-0.2, 0) is 4.74 Å². The van der Waals surface area contributed by atoms with Crippen molar-refractivity contribution in [2.45, 2.75) is 0 Å². The molecule has 8 heteroatoms. The molecule has 0 saturated heterocycles. The fourth-order valence-corrected chi connectivity index (χ4v) is 1.11. The zero-order chi connectivity index (χ0) is 13.0. The zero-order valence-electron chi connectivity index (χ0n) is 8.51. The molecule has 0 aliphatic heterocycles. The number of benzene rings is 1. The standard InChI is InChI=1S/C9H7F3N2O2S/c1-16-9(15)14-8(17)13-5-3-2-4(10)6(11)7(5)12/h2-3H,1H3,(H2,13,14,15,17). The van der Waals surface area contributed by atoms with Crippen molar-refractivity contribution in [1.82, 2.24) is 5.32 Å². The van der Waals surface area contributed by atoms with Crippen LogP contribution >= 0.6 is 12.2 Å². The molecule has 0 aliphatic rings. The van der Waals surface area contributed by atoms with Gasteiger partial charge < -0.3 is 10.1 Å². The minimum absolute atomic E-state index is 0.304. The SMILES string of the molecule is COC(=O)NC(=S)Nc1ccc(F)c(F)c1F. The monoisotopic (exact) mass is 264 g/mol. The summed E-state index contributed by atoms with van der Waals surface area (Å²) in [6.45, 7) is 0. The number of alkyl carbamates (subject to hydrolysis) is 1. The Morgan fingerprint density at radius 2 is 1.94 bits per heavy atom. The van der Waals surface area contributed by atoms with Gasteiger partial charge >= 0.3 is 6.09 Å². The Hall–Kier alpha value is -1.83. The van der Waals surface area contributed by atoms with Gasteiger partial charge in [0.1, 0.15) is 0 Å². The Labute approximate surface area is 99.8 Å². The van der Waals surface area contributed by atoms with E-state index >= 15 is 0 Å². The van der Waals surface area contributed by atoms with Crippen molar-refractivity contribution in [2.75, 3.05) is 12.4 Å². The first-order chi connectivity index (χ1) is 7.95. The average molecular weight is 264 g/mol. The maximum Gasteiger partial charge on any atom is 0.413 e. The fraction of sp³-hybridized carbons (Fsp3) is 0.111. The van der Waals surface area contributed by atoms with Crippen LogP contribution in [0.3, 0.4) is 0 Å². The minimum atomic E-state index is -1.63. The van der Waals surface area contributed by atoms with Gasteiger partial charge in [-0.05, 0) is 24.4 Å². The summed E-state index contributed by atoms with van der Waals surface area (Å²) in [5, 5.41) is 3.89. The third-order valence-electron chi connectivity index (χ3n) is 1.68. The predicted octanol–water partition coefficient (Wildman–Crippen LogP) is 2.16. The molecule has 0 saturated carbocycles. The van der Waals surface area contributed by atoms with Crippen molar-refractivity contribution in [1.29, 1.82) is 0 Å². The van der Waals surface area contributed by atoms with E-state index in [1.54, 1.807) is 0 Å². The number of hydrogen-bond donors (Lipinski definition) is 2. The van der Waals surface area contributed by atoms with Gasteiger partial charge in [0.2, 0.25) is 0 Å². The number of anilines is 1. The number of ether oxygens (including phenoxy) is 1. The molecule has 0 fully saturated rings. The molecule has 17 heavy (non-hydrogen) atoms. The van der Waals surface area contributed by atoms with Crippen LogP contribution in [0.1, 0.15) is 0 Å². The normalized spacial score (nSPS) is 9.65. The molecular weight excluding hydrogens is 257 g/mol. The second kappa shape index (κ2) is 5.48. The van der Waals surface area contributed by atoms with Crippen LogP contribution in [0, 0.1) is 17.5 Å². The number of amides is 1. The lowest BCUT2D eigenvalue weighted by Gasteiger charge is -2.09. The van der Waals surface area contributed by atoms with Crippen LogP contribution in [0.15, 0.2) is 12.1 Å². The molecule has 0 heterocycles. The highest BCUT2D eigenvalue weighted by molar-refractivity contribution is 7.80. The summed E-state index contributed by atoms with van der Waals surface area (Å²) >= 11 is 4.61. The van der Waals surface area contributed by atoms with Crippen LogP contribution in [-0.4, -0.2) is 18.3 Å². The van der Waals surface area contributed by atoms with E-state index in [0.29, 0.717) is 0 Å². The number of carbonyl (C=O) groups is 1. The number of halogens is 3. The molecule has 0 bridgehead atoms. The number of carbonyl (C=O) groups excluding carboxylic acids is 1. The van der Waals surface area contributed by atoms with Crippen molar-refractivity contribution >= 4 is 29.1 Å². The van der Waals surface area contributed by atoms with Crippen molar-refractivity contribution in [2.24, 2.45) is 0 Å². The van der Waals surface area contributed by atoms with Gasteiger partial charge in [0.05, 0.1) is 12.8 Å². The summed E-state index contributed by atoms with van der Waals surface area (Å²) in [5.41, 5.74) is -0.398. The molecule has 1 aromatic carbocycles. The smallest absolute Gasteiger partial charge is 0.413 e. The average Bonchev–Trinajstić information content (AvgIpc) is 2.29. The number of thiocarbonyl (C=S) groups is 1. The summed E-state index contributed by atoms with van der Waals surface area (Å²) in [6.07, 6.45) is -0.870. The first-order valence-electron chi connectivity index (χ1n) is 4.25. The van der Waals surface area contributed by atoms with E-state index in [1.165, 1.54) is 0 Å². The van der Waals surface area contributed by atoms with E-state index in [2.05, 4.69) is 22.3 Å². The summed E-state index contributed by atoms with van der Waals surface area (Å²) in [4.78, 5) is 10.7. The fourth-order valence-electron chi connectivity index (χ4n) is 0.920. The molecule has 4 nitrogen and oxygen atoms in total.